The van der Waals surface area contributed by atoms with Gasteiger partial charge in [0, 0.05) is 11.1 Å². The second kappa shape index (κ2) is 5.93. The number of carbonyl (C=O) groups is 1. The van der Waals surface area contributed by atoms with Crippen LogP contribution in [0.25, 0.3) is 10.8 Å². The van der Waals surface area contributed by atoms with Gasteiger partial charge < -0.3 is 10.1 Å². The second-order valence-electron chi connectivity index (χ2n) is 4.40. The number of nitrogens with zero attached hydrogens (tertiary/aromatic N) is 1. The summed E-state index contributed by atoms with van der Waals surface area (Å²) in [4.78, 5) is 16.4. The Morgan fingerprint density at radius 2 is 2.05 bits per heavy atom. The monoisotopic (exact) mass is 298 g/mol. The Kier molecular flexibility index (Phi) is 3.83. The van der Waals surface area contributed by atoms with E-state index in [0.717, 1.165) is 16.5 Å². The predicted octanol–water partition coefficient (Wildman–Crippen LogP) is 4.22. The van der Waals surface area contributed by atoms with Crippen molar-refractivity contribution in [2.45, 2.75) is 6.92 Å². The van der Waals surface area contributed by atoms with Crippen molar-refractivity contribution in [3.8, 4) is 0 Å². The van der Waals surface area contributed by atoms with Gasteiger partial charge in [0.05, 0.1) is 12.8 Å². The third kappa shape index (κ3) is 2.87. The maximum Gasteiger partial charge on any atom is 0.350 e. The van der Waals surface area contributed by atoms with Crippen LogP contribution in [0.15, 0.2) is 48.7 Å². The number of rotatable bonds is 4. The summed E-state index contributed by atoms with van der Waals surface area (Å²) in [6, 6.07) is 14.2. The van der Waals surface area contributed by atoms with E-state index in [-0.39, 0.29) is 5.97 Å². The number of fused-ring (bicyclic) bond motifs is 1. The van der Waals surface area contributed by atoms with Crippen molar-refractivity contribution in [2.75, 3.05) is 11.9 Å². The van der Waals surface area contributed by atoms with Gasteiger partial charge in [0.1, 0.15) is 4.88 Å². The molecule has 0 aliphatic carbocycles. The quantitative estimate of drug-likeness (QED) is 0.733. The molecule has 2 aromatic carbocycles. The fourth-order valence-electron chi connectivity index (χ4n) is 2.08. The lowest BCUT2D eigenvalue weighted by atomic mass is 10.1. The fourth-order valence-corrected chi connectivity index (χ4v) is 2.80. The van der Waals surface area contributed by atoms with Gasteiger partial charge in [-0.3, -0.25) is 0 Å². The highest BCUT2D eigenvalue weighted by Crippen LogP contribution is 2.28. The van der Waals surface area contributed by atoms with Gasteiger partial charge in [0.2, 0.25) is 0 Å². The Morgan fingerprint density at radius 3 is 2.90 bits per heavy atom. The van der Waals surface area contributed by atoms with Gasteiger partial charge in [-0.25, -0.2) is 9.78 Å². The normalized spacial score (nSPS) is 10.5. The number of nitrogens with one attached hydrogen (secondary N) is 1. The van der Waals surface area contributed by atoms with Crippen LogP contribution >= 0.6 is 11.3 Å². The van der Waals surface area contributed by atoms with E-state index in [0.29, 0.717) is 16.6 Å². The number of hydrogen-bond donors (Lipinski definition) is 1. The molecule has 0 amide bonds. The molecule has 0 atom stereocenters. The molecule has 0 saturated carbocycles. The first-order valence-electron chi connectivity index (χ1n) is 6.65. The van der Waals surface area contributed by atoms with Gasteiger partial charge in [0.15, 0.2) is 5.13 Å². The first-order chi connectivity index (χ1) is 10.3. The summed E-state index contributed by atoms with van der Waals surface area (Å²) in [5.74, 6) is -0.332. The molecular formula is C16H14N2O2S. The molecule has 4 nitrogen and oxygen atoms in total. The van der Waals surface area contributed by atoms with Crippen LogP contribution in [-0.2, 0) is 4.74 Å². The minimum atomic E-state index is -0.332. The van der Waals surface area contributed by atoms with Gasteiger partial charge in [0.25, 0.3) is 0 Å². The molecule has 21 heavy (non-hydrogen) atoms. The van der Waals surface area contributed by atoms with E-state index in [1.54, 1.807) is 6.92 Å². The summed E-state index contributed by atoms with van der Waals surface area (Å²) in [5.41, 5.74) is 0.970. The van der Waals surface area contributed by atoms with Crippen LogP contribution in [0, 0.1) is 0 Å². The zero-order chi connectivity index (χ0) is 14.7. The highest BCUT2D eigenvalue weighted by molar-refractivity contribution is 7.17. The minimum Gasteiger partial charge on any atom is -0.462 e. The maximum atomic E-state index is 11.6. The Labute approximate surface area is 126 Å². The molecule has 0 fully saturated rings. The highest BCUT2D eigenvalue weighted by atomic mass is 32.1. The van der Waals surface area contributed by atoms with Crippen molar-refractivity contribution in [3.05, 3.63) is 53.5 Å². The largest absolute Gasteiger partial charge is 0.462 e. The van der Waals surface area contributed by atoms with Crippen LogP contribution in [0.5, 0.6) is 0 Å². The van der Waals surface area contributed by atoms with E-state index < -0.39 is 0 Å². The van der Waals surface area contributed by atoms with E-state index in [2.05, 4.69) is 28.5 Å². The van der Waals surface area contributed by atoms with E-state index in [9.17, 15) is 4.79 Å². The number of benzene rings is 2. The minimum absolute atomic E-state index is 0.332. The molecule has 3 aromatic rings. The van der Waals surface area contributed by atoms with E-state index in [1.807, 2.05) is 24.3 Å². The van der Waals surface area contributed by atoms with Crippen LogP contribution in [-0.4, -0.2) is 17.6 Å². The molecule has 0 bridgehead atoms. The molecule has 1 N–H and O–H groups in total. The van der Waals surface area contributed by atoms with Crippen molar-refractivity contribution >= 4 is 38.9 Å². The zero-order valence-electron chi connectivity index (χ0n) is 11.5. The third-order valence-corrected chi connectivity index (χ3v) is 3.91. The summed E-state index contributed by atoms with van der Waals surface area (Å²) in [6.07, 6.45) is 1.54. The molecule has 3 rings (SSSR count). The molecule has 0 aliphatic heterocycles. The van der Waals surface area contributed by atoms with Crippen molar-refractivity contribution in [1.29, 1.82) is 0 Å². The number of ether oxygens (including phenoxy) is 1. The molecule has 0 spiro atoms. The number of carbonyl (C=O) groups excluding carboxylic acids is 1. The van der Waals surface area contributed by atoms with Gasteiger partial charge in [-0.2, -0.15) is 0 Å². The van der Waals surface area contributed by atoms with Crippen LogP contribution in [0.2, 0.25) is 0 Å². The van der Waals surface area contributed by atoms with E-state index in [1.165, 1.54) is 17.5 Å². The van der Waals surface area contributed by atoms with Crippen molar-refractivity contribution < 1.29 is 9.53 Å². The van der Waals surface area contributed by atoms with Gasteiger partial charge in [-0.15, -0.1) is 0 Å². The SMILES string of the molecule is CCOC(=O)c1cnc(Nc2cccc3ccccc23)s1. The third-order valence-electron chi connectivity index (χ3n) is 3.01. The number of hydrogen-bond acceptors (Lipinski definition) is 5. The average Bonchev–Trinajstić information content (AvgIpc) is 2.97. The number of thiazole rings is 1. The Balaban J connectivity index is 1.87. The van der Waals surface area contributed by atoms with Crippen LogP contribution in [0.4, 0.5) is 10.8 Å². The summed E-state index contributed by atoms with van der Waals surface area (Å²) >= 11 is 1.29. The lowest BCUT2D eigenvalue weighted by molar-refractivity contribution is 0.0532. The van der Waals surface area contributed by atoms with Crippen molar-refractivity contribution in [1.82, 2.24) is 4.98 Å². The van der Waals surface area contributed by atoms with Gasteiger partial charge in [-0.05, 0) is 18.4 Å². The summed E-state index contributed by atoms with van der Waals surface area (Å²) in [5, 5.41) is 6.21. The Bertz CT molecular complexity index is 777. The molecule has 0 saturated heterocycles. The second-order valence-corrected chi connectivity index (χ2v) is 5.43. The fraction of sp³-hybridized carbons (Fsp3) is 0.125. The van der Waals surface area contributed by atoms with Crippen LogP contribution < -0.4 is 5.32 Å². The summed E-state index contributed by atoms with van der Waals surface area (Å²) < 4.78 is 4.97. The lowest BCUT2D eigenvalue weighted by Gasteiger charge is -2.06. The molecule has 0 aliphatic rings. The highest BCUT2D eigenvalue weighted by Gasteiger charge is 2.12. The van der Waals surface area contributed by atoms with E-state index >= 15 is 0 Å². The Morgan fingerprint density at radius 1 is 1.24 bits per heavy atom. The maximum absolute atomic E-state index is 11.6. The van der Waals surface area contributed by atoms with E-state index in [4.69, 9.17) is 4.74 Å². The molecule has 106 valence electrons. The topological polar surface area (TPSA) is 51.2 Å². The number of anilines is 2. The molecule has 0 radical (unpaired) electrons. The first-order valence-corrected chi connectivity index (χ1v) is 7.47. The standard InChI is InChI=1S/C16H14N2O2S/c1-2-20-15(19)14-10-17-16(21-14)18-13-9-5-7-11-6-3-4-8-12(11)13/h3-10H,2H2,1H3,(H,17,18). The molecular weight excluding hydrogens is 284 g/mol. The number of aromatic nitrogens is 1. The van der Waals surface area contributed by atoms with Crippen molar-refractivity contribution in [2.24, 2.45) is 0 Å². The molecule has 0 unspecified atom stereocenters. The first kappa shape index (κ1) is 13.6. The average molecular weight is 298 g/mol. The summed E-state index contributed by atoms with van der Waals surface area (Å²) in [6.45, 7) is 2.15. The zero-order valence-corrected chi connectivity index (χ0v) is 12.3. The molecule has 1 heterocycles. The van der Waals surface area contributed by atoms with Crippen LogP contribution in [0.1, 0.15) is 16.6 Å². The molecule has 1 aromatic heterocycles. The van der Waals surface area contributed by atoms with Gasteiger partial charge >= 0.3 is 5.97 Å². The molecule has 5 heteroatoms. The lowest BCUT2D eigenvalue weighted by Crippen LogP contribution is -2.01. The van der Waals surface area contributed by atoms with Crippen molar-refractivity contribution in [3.63, 3.8) is 0 Å². The van der Waals surface area contributed by atoms with Gasteiger partial charge in [-0.1, -0.05) is 47.7 Å². The smallest absolute Gasteiger partial charge is 0.350 e. The Hall–Kier alpha value is -2.40. The number of esters is 1. The van der Waals surface area contributed by atoms with Crippen LogP contribution in [0.3, 0.4) is 0 Å². The summed E-state index contributed by atoms with van der Waals surface area (Å²) in [7, 11) is 0. The predicted molar refractivity (Wildman–Crippen MR) is 85.3 cm³/mol.